The number of carbonyl (C=O) groups excluding carboxylic acids is 1. The summed E-state index contributed by atoms with van der Waals surface area (Å²) in [4.78, 5) is 20.6. The second-order valence-corrected chi connectivity index (χ2v) is 7.20. The standard InChI is InChI=1S/C20H24N8O/c21-15-6-1-2-7-17(15)26-20-23-11-14(18(22)29)19(27-20)25-13-5-3-4-12(10-13)16-8-9-24-28-16/h3-5,8-11,15,17H,1-2,6-7,21H2,(H2,22,29)(H,24,28)(H2,23,25,26,27). The molecular weight excluding hydrogens is 368 g/mol. The highest BCUT2D eigenvalue weighted by Gasteiger charge is 2.23. The van der Waals surface area contributed by atoms with Gasteiger partial charge in [0.15, 0.2) is 0 Å². The van der Waals surface area contributed by atoms with Crippen LogP contribution in [0, 0.1) is 0 Å². The van der Waals surface area contributed by atoms with E-state index in [1.165, 1.54) is 6.20 Å². The number of hydrogen-bond donors (Lipinski definition) is 5. The minimum Gasteiger partial charge on any atom is -0.365 e. The lowest BCUT2D eigenvalue weighted by Crippen LogP contribution is -2.43. The topological polar surface area (TPSA) is 148 Å². The molecule has 1 saturated carbocycles. The Morgan fingerprint density at radius 3 is 2.83 bits per heavy atom. The van der Waals surface area contributed by atoms with Crippen LogP contribution in [-0.4, -0.2) is 38.2 Å². The smallest absolute Gasteiger partial charge is 0.254 e. The quantitative estimate of drug-likeness (QED) is 0.432. The van der Waals surface area contributed by atoms with Gasteiger partial charge in [-0.3, -0.25) is 9.89 Å². The summed E-state index contributed by atoms with van der Waals surface area (Å²) in [6, 6.07) is 9.75. The lowest BCUT2D eigenvalue weighted by atomic mass is 9.91. The first-order valence-electron chi connectivity index (χ1n) is 9.66. The second-order valence-electron chi connectivity index (χ2n) is 7.20. The van der Waals surface area contributed by atoms with Gasteiger partial charge in [0.2, 0.25) is 5.95 Å². The zero-order chi connectivity index (χ0) is 20.2. The SMILES string of the molecule is NC(=O)c1cnc(NC2CCCCC2N)nc1Nc1cccc(-c2ccn[nH]2)c1. The third-order valence-electron chi connectivity index (χ3n) is 5.13. The number of benzene rings is 1. The van der Waals surface area contributed by atoms with Crippen LogP contribution in [0.3, 0.4) is 0 Å². The van der Waals surface area contributed by atoms with Gasteiger partial charge in [-0.15, -0.1) is 0 Å². The molecule has 1 aromatic carbocycles. The summed E-state index contributed by atoms with van der Waals surface area (Å²) in [5.74, 6) is 0.170. The number of H-pyrrole nitrogens is 1. The van der Waals surface area contributed by atoms with E-state index in [9.17, 15) is 4.79 Å². The molecule has 2 unspecified atom stereocenters. The van der Waals surface area contributed by atoms with E-state index in [-0.39, 0.29) is 17.6 Å². The number of amides is 1. The van der Waals surface area contributed by atoms with Crippen LogP contribution < -0.4 is 22.1 Å². The van der Waals surface area contributed by atoms with Gasteiger partial charge in [0, 0.05) is 35.7 Å². The molecule has 3 aromatic rings. The highest BCUT2D eigenvalue weighted by atomic mass is 16.1. The number of primary amides is 1. The zero-order valence-electron chi connectivity index (χ0n) is 15.9. The van der Waals surface area contributed by atoms with Crippen molar-refractivity contribution in [3.63, 3.8) is 0 Å². The van der Waals surface area contributed by atoms with Gasteiger partial charge < -0.3 is 22.1 Å². The third-order valence-corrected chi connectivity index (χ3v) is 5.13. The lowest BCUT2D eigenvalue weighted by Gasteiger charge is -2.29. The second kappa shape index (κ2) is 8.27. The molecule has 9 nitrogen and oxygen atoms in total. The predicted molar refractivity (Wildman–Crippen MR) is 112 cm³/mol. The van der Waals surface area contributed by atoms with Gasteiger partial charge in [-0.2, -0.15) is 10.1 Å². The molecule has 0 spiro atoms. The summed E-state index contributed by atoms with van der Waals surface area (Å²) in [6.45, 7) is 0. The minimum atomic E-state index is -0.599. The van der Waals surface area contributed by atoms with E-state index < -0.39 is 5.91 Å². The molecule has 2 heterocycles. The Morgan fingerprint density at radius 2 is 2.07 bits per heavy atom. The Morgan fingerprint density at radius 1 is 1.21 bits per heavy atom. The monoisotopic (exact) mass is 392 g/mol. The fraction of sp³-hybridized carbons (Fsp3) is 0.300. The molecule has 150 valence electrons. The number of nitrogens with two attached hydrogens (primary N) is 2. The average Bonchev–Trinajstić information content (AvgIpc) is 3.25. The van der Waals surface area contributed by atoms with Gasteiger partial charge in [0.1, 0.15) is 11.4 Å². The molecule has 0 radical (unpaired) electrons. The third kappa shape index (κ3) is 4.35. The van der Waals surface area contributed by atoms with Crippen molar-refractivity contribution in [3.8, 4) is 11.3 Å². The molecule has 1 aliphatic carbocycles. The van der Waals surface area contributed by atoms with E-state index >= 15 is 0 Å². The number of nitrogens with zero attached hydrogens (tertiary/aromatic N) is 3. The van der Waals surface area contributed by atoms with E-state index in [0.717, 1.165) is 42.6 Å². The molecule has 1 amide bonds. The number of hydrogen-bond acceptors (Lipinski definition) is 7. The highest BCUT2D eigenvalue weighted by molar-refractivity contribution is 5.98. The number of aromatic nitrogens is 4. The molecule has 2 atom stereocenters. The van der Waals surface area contributed by atoms with Crippen molar-refractivity contribution < 1.29 is 4.79 Å². The van der Waals surface area contributed by atoms with Crippen molar-refractivity contribution in [2.45, 2.75) is 37.8 Å². The van der Waals surface area contributed by atoms with Gasteiger partial charge >= 0.3 is 0 Å². The predicted octanol–water partition coefficient (Wildman–Crippen LogP) is 2.39. The first kappa shape index (κ1) is 18.9. The van der Waals surface area contributed by atoms with E-state index in [1.807, 2.05) is 30.3 Å². The Bertz CT molecular complexity index is 988. The molecular formula is C20H24N8O. The van der Waals surface area contributed by atoms with Crippen LogP contribution in [0.15, 0.2) is 42.7 Å². The first-order chi connectivity index (χ1) is 14.1. The van der Waals surface area contributed by atoms with Crippen molar-refractivity contribution in [3.05, 3.63) is 48.3 Å². The minimum absolute atomic E-state index is 0.0608. The summed E-state index contributed by atoms with van der Waals surface area (Å²) in [6.07, 6.45) is 7.34. The number of anilines is 3. The van der Waals surface area contributed by atoms with E-state index in [0.29, 0.717) is 11.8 Å². The Hall–Kier alpha value is -3.46. The molecule has 1 aliphatic rings. The van der Waals surface area contributed by atoms with Gasteiger partial charge in [-0.05, 0) is 31.0 Å². The van der Waals surface area contributed by atoms with Crippen LogP contribution in [0.1, 0.15) is 36.0 Å². The summed E-state index contributed by atoms with van der Waals surface area (Å²) >= 11 is 0. The maximum absolute atomic E-state index is 11.9. The molecule has 0 aliphatic heterocycles. The van der Waals surface area contributed by atoms with Crippen molar-refractivity contribution >= 4 is 23.4 Å². The molecule has 7 N–H and O–H groups in total. The van der Waals surface area contributed by atoms with Crippen LogP contribution in [0.4, 0.5) is 17.5 Å². The van der Waals surface area contributed by atoms with Gasteiger partial charge in [-0.25, -0.2) is 4.98 Å². The summed E-state index contributed by atoms with van der Waals surface area (Å²) in [5, 5.41) is 13.4. The van der Waals surface area contributed by atoms with Crippen molar-refractivity contribution in [2.75, 3.05) is 10.6 Å². The largest absolute Gasteiger partial charge is 0.365 e. The maximum Gasteiger partial charge on any atom is 0.254 e. The Labute approximate surface area is 168 Å². The highest BCUT2D eigenvalue weighted by Crippen LogP contribution is 2.25. The van der Waals surface area contributed by atoms with Crippen LogP contribution >= 0.6 is 0 Å². The fourth-order valence-corrected chi connectivity index (χ4v) is 3.55. The van der Waals surface area contributed by atoms with Crippen molar-refractivity contribution in [1.29, 1.82) is 0 Å². The molecule has 2 aromatic heterocycles. The summed E-state index contributed by atoms with van der Waals surface area (Å²) in [7, 11) is 0. The van der Waals surface area contributed by atoms with Gasteiger partial charge in [0.05, 0.1) is 5.69 Å². The van der Waals surface area contributed by atoms with Crippen molar-refractivity contribution in [1.82, 2.24) is 20.2 Å². The van der Waals surface area contributed by atoms with E-state index in [2.05, 4.69) is 30.8 Å². The average molecular weight is 392 g/mol. The van der Waals surface area contributed by atoms with Gasteiger partial charge in [-0.1, -0.05) is 25.0 Å². The Balaban J connectivity index is 1.60. The number of aromatic amines is 1. The summed E-state index contributed by atoms with van der Waals surface area (Å²) < 4.78 is 0. The van der Waals surface area contributed by atoms with Gasteiger partial charge in [0.25, 0.3) is 5.91 Å². The van der Waals surface area contributed by atoms with Crippen LogP contribution in [-0.2, 0) is 0 Å². The number of rotatable bonds is 6. The number of carbonyl (C=O) groups is 1. The van der Waals surface area contributed by atoms with E-state index in [1.54, 1.807) is 6.20 Å². The maximum atomic E-state index is 11.9. The zero-order valence-corrected chi connectivity index (χ0v) is 15.9. The molecule has 9 heteroatoms. The van der Waals surface area contributed by atoms with Crippen LogP contribution in [0.5, 0.6) is 0 Å². The van der Waals surface area contributed by atoms with Crippen LogP contribution in [0.2, 0.25) is 0 Å². The molecule has 0 saturated heterocycles. The molecule has 1 fully saturated rings. The molecule has 29 heavy (non-hydrogen) atoms. The number of nitrogens with one attached hydrogen (secondary N) is 3. The summed E-state index contributed by atoms with van der Waals surface area (Å²) in [5.41, 5.74) is 14.6. The lowest BCUT2D eigenvalue weighted by molar-refractivity contribution is 0.100. The van der Waals surface area contributed by atoms with E-state index in [4.69, 9.17) is 11.5 Å². The molecule has 0 bridgehead atoms. The Kier molecular flexibility index (Phi) is 5.39. The fourth-order valence-electron chi connectivity index (χ4n) is 3.55. The van der Waals surface area contributed by atoms with Crippen LogP contribution in [0.25, 0.3) is 11.3 Å². The van der Waals surface area contributed by atoms with Crippen molar-refractivity contribution in [2.24, 2.45) is 11.5 Å². The normalized spacial score (nSPS) is 18.9. The first-order valence-corrected chi connectivity index (χ1v) is 9.66. The molecule has 4 rings (SSSR count).